The van der Waals surface area contributed by atoms with Gasteiger partial charge in [0.25, 0.3) is 15.6 Å². The van der Waals surface area contributed by atoms with Crippen molar-refractivity contribution in [3.05, 3.63) is 80.5 Å². The van der Waals surface area contributed by atoms with E-state index < -0.39 is 32.8 Å². The van der Waals surface area contributed by atoms with Gasteiger partial charge in [0, 0.05) is 10.6 Å². The Morgan fingerprint density at radius 3 is 2.69 bits per heavy atom. The molecule has 0 bridgehead atoms. The van der Waals surface area contributed by atoms with E-state index in [-0.39, 0.29) is 22.6 Å². The Morgan fingerprint density at radius 2 is 1.97 bits per heavy atom. The highest BCUT2D eigenvalue weighted by atomic mass is 32.2. The lowest BCUT2D eigenvalue weighted by Crippen LogP contribution is -2.19. The maximum atomic E-state index is 14.6. The minimum atomic E-state index is -4.37. The van der Waals surface area contributed by atoms with E-state index in [9.17, 15) is 22.4 Å². The molecule has 0 fully saturated rings. The number of rotatable bonds is 7. The Kier molecular flexibility index (Phi) is 7.17. The van der Waals surface area contributed by atoms with Gasteiger partial charge in [0.2, 0.25) is 0 Å². The van der Waals surface area contributed by atoms with Crippen molar-refractivity contribution < 1.29 is 27.1 Å². The largest absolute Gasteiger partial charge is 0.497 e. The number of fused-ring (bicyclic) bond motifs is 3. The lowest BCUT2D eigenvalue weighted by Gasteiger charge is -2.17. The highest BCUT2D eigenvalue weighted by Gasteiger charge is 2.26. The number of aryl methyl sites for hydroxylation is 1. The molecule has 0 saturated carbocycles. The van der Waals surface area contributed by atoms with E-state index in [2.05, 4.69) is 21.6 Å². The number of halogens is 1. The summed E-state index contributed by atoms with van der Waals surface area (Å²) in [7, 11) is -2.89. The Morgan fingerprint density at radius 1 is 1.23 bits per heavy atom. The average molecular weight is 572 g/mol. The normalized spacial score (nSPS) is 15.9. The maximum Gasteiger partial charge on any atom is 0.338 e. The van der Waals surface area contributed by atoms with Crippen LogP contribution in [0.1, 0.15) is 53.0 Å². The summed E-state index contributed by atoms with van der Waals surface area (Å²) in [6, 6.07) is 8.94. The van der Waals surface area contributed by atoms with Crippen molar-refractivity contribution >= 4 is 43.2 Å². The number of carbonyl (C=O) groups excluding carboxylic acids is 1. The van der Waals surface area contributed by atoms with Crippen LogP contribution in [0.25, 0.3) is 10.2 Å². The van der Waals surface area contributed by atoms with Gasteiger partial charge in [-0.2, -0.15) is 0 Å². The summed E-state index contributed by atoms with van der Waals surface area (Å²) in [5.41, 5.74) is 0.764. The summed E-state index contributed by atoms with van der Waals surface area (Å²) < 4.78 is 53.1. The summed E-state index contributed by atoms with van der Waals surface area (Å²) in [4.78, 5) is 34.1. The van der Waals surface area contributed by atoms with Crippen LogP contribution in [0.5, 0.6) is 5.75 Å². The third-order valence-corrected chi connectivity index (χ3v) is 9.20. The number of sulfonamides is 1. The van der Waals surface area contributed by atoms with Crippen LogP contribution in [-0.2, 0) is 27.6 Å². The molecule has 39 heavy (non-hydrogen) atoms. The molecule has 2 heterocycles. The fraction of sp³-hybridized carbons (Fsp3) is 0.296. The van der Waals surface area contributed by atoms with E-state index in [0.717, 1.165) is 47.9 Å². The molecule has 0 unspecified atom stereocenters. The molecule has 204 valence electrons. The van der Waals surface area contributed by atoms with Gasteiger partial charge in [0.1, 0.15) is 21.3 Å². The molecular formula is C27H26FN3O6S2. The Bertz CT molecular complexity index is 1730. The minimum absolute atomic E-state index is 0.170. The first-order chi connectivity index (χ1) is 18.6. The van der Waals surface area contributed by atoms with Crippen LogP contribution in [0.4, 0.5) is 10.1 Å². The maximum absolute atomic E-state index is 14.6. The zero-order chi connectivity index (χ0) is 27.9. The van der Waals surface area contributed by atoms with Crippen molar-refractivity contribution in [2.45, 2.75) is 44.1 Å². The van der Waals surface area contributed by atoms with E-state index in [0.29, 0.717) is 21.9 Å². The number of H-pyrrole nitrogens is 1. The second kappa shape index (κ2) is 10.4. The third kappa shape index (κ3) is 5.39. The van der Waals surface area contributed by atoms with E-state index in [1.807, 2.05) is 0 Å². The molecule has 1 aliphatic rings. The topological polar surface area (TPSA) is 127 Å². The first-order valence-electron chi connectivity index (χ1n) is 12.3. The summed E-state index contributed by atoms with van der Waals surface area (Å²) in [6.07, 6.45) is 1.79. The third-order valence-electron chi connectivity index (χ3n) is 6.65. The van der Waals surface area contributed by atoms with Crippen LogP contribution in [0.3, 0.4) is 0 Å². The molecule has 2 aromatic heterocycles. The fourth-order valence-corrected chi connectivity index (χ4v) is 7.10. The van der Waals surface area contributed by atoms with Gasteiger partial charge in [-0.15, -0.1) is 11.3 Å². The number of aromatic amines is 1. The number of aromatic nitrogens is 2. The first kappa shape index (κ1) is 26.8. The molecule has 2 aromatic carbocycles. The van der Waals surface area contributed by atoms with Crippen molar-refractivity contribution in [2.24, 2.45) is 5.92 Å². The van der Waals surface area contributed by atoms with Crippen LogP contribution in [-0.4, -0.2) is 31.5 Å². The zero-order valence-corrected chi connectivity index (χ0v) is 23.0. The standard InChI is InChI=1S/C27H26FN3O6S2/c1-14-4-10-19-21(12-14)38-26-23(19)25(32)29-24(30-26)15(2)37-27(33)16-5-11-20(28)22(13-16)39(34,35)31-17-6-8-18(36-3)9-7-17/h5-9,11,13-15,31H,4,10,12H2,1-3H3,(H,29,30,32)/t14-,15+/m1/s1. The lowest BCUT2D eigenvalue weighted by molar-refractivity contribution is 0.0319. The van der Waals surface area contributed by atoms with Crippen LogP contribution in [0.2, 0.25) is 0 Å². The number of thiophene rings is 1. The number of carbonyl (C=O) groups is 1. The van der Waals surface area contributed by atoms with Gasteiger partial charge in [0.15, 0.2) is 11.9 Å². The van der Waals surface area contributed by atoms with Crippen molar-refractivity contribution in [1.29, 1.82) is 0 Å². The molecule has 12 heteroatoms. The average Bonchev–Trinajstić information content (AvgIpc) is 3.26. The summed E-state index contributed by atoms with van der Waals surface area (Å²) in [6.45, 7) is 3.73. The quantitative estimate of drug-likeness (QED) is 0.300. The highest BCUT2D eigenvalue weighted by Crippen LogP contribution is 2.36. The molecular weight excluding hydrogens is 545 g/mol. The Labute approximate surface area is 228 Å². The molecule has 5 rings (SSSR count). The number of benzene rings is 2. The van der Waals surface area contributed by atoms with Crippen LogP contribution >= 0.6 is 11.3 Å². The second-order valence-corrected chi connectivity index (χ2v) is 12.2. The van der Waals surface area contributed by atoms with Gasteiger partial charge >= 0.3 is 5.97 Å². The second-order valence-electron chi connectivity index (χ2n) is 9.51. The van der Waals surface area contributed by atoms with Gasteiger partial charge in [-0.25, -0.2) is 22.6 Å². The van der Waals surface area contributed by atoms with Gasteiger partial charge in [0.05, 0.1) is 18.1 Å². The molecule has 2 N–H and O–H groups in total. The van der Waals surface area contributed by atoms with Crippen LogP contribution in [0.15, 0.2) is 52.2 Å². The SMILES string of the molecule is COc1ccc(NS(=O)(=O)c2cc(C(=O)O[C@@H](C)c3nc4sc5c(c4c(=O)[nH]3)CC[C@@H](C)C5)ccc2F)cc1. The van der Waals surface area contributed by atoms with Gasteiger partial charge in [-0.3, -0.25) is 9.52 Å². The number of ether oxygens (including phenoxy) is 2. The minimum Gasteiger partial charge on any atom is -0.497 e. The summed E-state index contributed by atoms with van der Waals surface area (Å²) in [5.74, 6) is -0.701. The van der Waals surface area contributed by atoms with Gasteiger partial charge < -0.3 is 14.5 Å². The van der Waals surface area contributed by atoms with E-state index in [4.69, 9.17) is 9.47 Å². The number of methoxy groups -OCH3 is 1. The van der Waals surface area contributed by atoms with E-state index in [1.54, 1.807) is 19.1 Å². The van der Waals surface area contributed by atoms with Gasteiger partial charge in [-0.05, 0) is 80.1 Å². The highest BCUT2D eigenvalue weighted by molar-refractivity contribution is 7.92. The number of nitrogens with one attached hydrogen (secondary N) is 2. The number of anilines is 1. The zero-order valence-electron chi connectivity index (χ0n) is 21.4. The molecule has 4 aromatic rings. The number of hydrogen-bond donors (Lipinski definition) is 2. The molecule has 0 amide bonds. The molecule has 0 saturated heterocycles. The summed E-state index contributed by atoms with van der Waals surface area (Å²) >= 11 is 1.48. The van der Waals surface area contributed by atoms with Crippen molar-refractivity contribution in [1.82, 2.24) is 9.97 Å². The monoisotopic (exact) mass is 571 g/mol. The molecule has 0 spiro atoms. The van der Waals surface area contributed by atoms with Crippen LogP contribution in [0, 0.1) is 11.7 Å². The fourth-order valence-electron chi connectivity index (χ4n) is 4.55. The number of esters is 1. The van der Waals surface area contributed by atoms with Crippen molar-refractivity contribution in [2.75, 3.05) is 11.8 Å². The van der Waals surface area contributed by atoms with Crippen molar-refractivity contribution in [3.8, 4) is 5.75 Å². The Hall–Kier alpha value is -3.77. The number of hydrogen-bond acceptors (Lipinski definition) is 8. The molecule has 0 aliphatic heterocycles. The van der Waals surface area contributed by atoms with Crippen LogP contribution < -0.4 is 15.0 Å². The number of nitrogens with zero attached hydrogens (tertiary/aromatic N) is 1. The predicted octanol–water partition coefficient (Wildman–Crippen LogP) is 4.98. The van der Waals surface area contributed by atoms with Gasteiger partial charge in [-0.1, -0.05) is 6.92 Å². The smallest absolute Gasteiger partial charge is 0.338 e. The molecule has 1 aliphatic carbocycles. The Balaban J connectivity index is 1.37. The molecule has 0 radical (unpaired) electrons. The molecule has 2 atom stereocenters. The van der Waals surface area contributed by atoms with E-state index in [1.165, 1.54) is 30.6 Å². The first-order valence-corrected chi connectivity index (χ1v) is 14.6. The summed E-state index contributed by atoms with van der Waals surface area (Å²) in [5, 5.41) is 0.585. The van der Waals surface area contributed by atoms with Crippen molar-refractivity contribution in [3.63, 3.8) is 0 Å². The lowest BCUT2D eigenvalue weighted by atomic mass is 9.89. The van der Waals surface area contributed by atoms with E-state index >= 15 is 0 Å². The molecule has 9 nitrogen and oxygen atoms in total. The predicted molar refractivity (Wildman–Crippen MR) is 145 cm³/mol.